The van der Waals surface area contributed by atoms with Crippen LogP contribution in [-0.2, 0) is 11.3 Å². The van der Waals surface area contributed by atoms with Gasteiger partial charge in [-0.3, -0.25) is 4.79 Å². The minimum absolute atomic E-state index is 0.587. The number of rotatable bonds is 6. The van der Waals surface area contributed by atoms with Crippen LogP contribution in [-0.4, -0.2) is 23.9 Å². The lowest BCUT2D eigenvalue weighted by atomic mass is 10.2. The molecule has 0 aliphatic heterocycles. The topological polar surface area (TPSA) is 66.6 Å². The maximum atomic E-state index is 11.0. The van der Waals surface area contributed by atoms with E-state index in [1.165, 1.54) is 12.8 Å². The van der Waals surface area contributed by atoms with Gasteiger partial charge in [-0.05, 0) is 36.5 Å². The molecule has 1 aromatic rings. The zero-order chi connectivity index (χ0) is 13.8. The van der Waals surface area contributed by atoms with E-state index in [0.717, 1.165) is 22.8 Å². The summed E-state index contributed by atoms with van der Waals surface area (Å²) in [5.41, 5.74) is 6.75. The normalized spacial score (nSPS) is 13.9. The molecular formula is C13H17N3O2S. The van der Waals surface area contributed by atoms with E-state index in [0.29, 0.717) is 18.2 Å². The number of nitrogens with two attached hydrogens (primary N) is 1. The molecule has 1 saturated carbocycles. The molecule has 1 aromatic carbocycles. The zero-order valence-electron chi connectivity index (χ0n) is 10.5. The Kier molecular flexibility index (Phi) is 4.31. The first-order valence-electron chi connectivity index (χ1n) is 6.17. The number of amides is 3. The fourth-order valence-corrected chi connectivity index (χ4v) is 2.01. The van der Waals surface area contributed by atoms with E-state index >= 15 is 0 Å². The molecule has 1 aliphatic rings. The summed E-state index contributed by atoms with van der Waals surface area (Å²) in [6, 6.07) is 6.62. The zero-order valence-corrected chi connectivity index (χ0v) is 11.4. The van der Waals surface area contributed by atoms with Crippen molar-refractivity contribution < 1.29 is 9.59 Å². The minimum Gasteiger partial charge on any atom is -0.350 e. The number of anilines is 1. The van der Waals surface area contributed by atoms with Gasteiger partial charge in [-0.2, -0.15) is 0 Å². The summed E-state index contributed by atoms with van der Waals surface area (Å²) in [5.74, 6) is 0.673. The molecule has 3 amide bonds. The molecule has 0 bridgehead atoms. The van der Waals surface area contributed by atoms with Crippen molar-refractivity contribution in [2.45, 2.75) is 19.4 Å². The van der Waals surface area contributed by atoms with Crippen molar-refractivity contribution in [2.75, 3.05) is 10.8 Å². The summed E-state index contributed by atoms with van der Waals surface area (Å²) in [5, 5.41) is 0. The average molecular weight is 279 g/mol. The maximum Gasteiger partial charge on any atom is 0.329 e. The van der Waals surface area contributed by atoms with Crippen LogP contribution in [0.5, 0.6) is 0 Å². The van der Waals surface area contributed by atoms with Gasteiger partial charge in [0.05, 0.1) is 5.69 Å². The van der Waals surface area contributed by atoms with Crippen molar-refractivity contribution >= 4 is 30.9 Å². The predicted octanol–water partition coefficient (Wildman–Crippen LogP) is 1.78. The summed E-state index contributed by atoms with van der Waals surface area (Å²) >= 11 is 3.98. The van der Waals surface area contributed by atoms with Gasteiger partial charge in [-0.15, -0.1) is 0 Å². The Morgan fingerprint density at radius 1 is 1.37 bits per heavy atom. The Morgan fingerprint density at radius 3 is 2.47 bits per heavy atom. The van der Waals surface area contributed by atoms with E-state index in [9.17, 15) is 9.59 Å². The van der Waals surface area contributed by atoms with Crippen LogP contribution >= 0.6 is 12.8 Å². The number of hydrogen-bond acceptors (Lipinski definition) is 3. The Morgan fingerprint density at radius 2 is 2.00 bits per heavy atom. The van der Waals surface area contributed by atoms with Crippen molar-refractivity contribution in [1.82, 2.24) is 4.90 Å². The van der Waals surface area contributed by atoms with E-state index in [-0.39, 0.29) is 0 Å². The number of hydrogen-bond donors (Lipinski definition) is 2. The second-order valence-corrected chi connectivity index (χ2v) is 5.19. The first-order valence-corrected chi connectivity index (χ1v) is 6.57. The van der Waals surface area contributed by atoms with Gasteiger partial charge in [0.2, 0.25) is 6.41 Å². The predicted molar refractivity (Wildman–Crippen MR) is 76.7 cm³/mol. The second kappa shape index (κ2) is 5.97. The van der Waals surface area contributed by atoms with Crippen LogP contribution in [0, 0.1) is 5.92 Å². The van der Waals surface area contributed by atoms with Crippen molar-refractivity contribution in [3.63, 3.8) is 0 Å². The summed E-state index contributed by atoms with van der Waals surface area (Å²) in [4.78, 5) is 23.7. The third-order valence-electron chi connectivity index (χ3n) is 3.11. The van der Waals surface area contributed by atoms with Crippen LogP contribution in [0.15, 0.2) is 24.3 Å². The fourth-order valence-electron chi connectivity index (χ4n) is 1.88. The van der Waals surface area contributed by atoms with E-state index in [1.807, 2.05) is 12.1 Å². The van der Waals surface area contributed by atoms with Gasteiger partial charge in [-0.25, -0.2) is 9.10 Å². The lowest BCUT2D eigenvalue weighted by Crippen LogP contribution is -2.27. The fraction of sp³-hybridized carbons (Fsp3) is 0.385. The Bertz CT molecular complexity index is 459. The second-order valence-electron chi connectivity index (χ2n) is 4.79. The van der Waals surface area contributed by atoms with Crippen molar-refractivity contribution in [3.8, 4) is 0 Å². The number of carbonyl (C=O) groups excluding carboxylic acids is 2. The molecule has 19 heavy (non-hydrogen) atoms. The molecule has 5 nitrogen and oxygen atoms in total. The van der Waals surface area contributed by atoms with Crippen LogP contribution in [0.2, 0.25) is 0 Å². The largest absolute Gasteiger partial charge is 0.350 e. The Balaban J connectivity index is 1.96. The quantitative estimate of drug-likeness (QED) is 0.616. The third kappa shape index (κ3) is 3.89. The maximum absolute atomic E-state index is 11.0. The van der Waals surface area contributed by atoms with Crippen LogP contribution < -0.4 is 10.0 Å². The van der Waals surface area contributed by atoms with Crippen LogP contribution in [0.25, 0.3) is 0 Å². The molecule has 0 spiro atoms. The lowest BCUT2D eigenvalue weighted by molar-refractivity contribution is -0.118. The van der Waals surface area contributed by atoms with E-state index in [2.05, 4.69) is 12.8 Å². The van der Waals surface area contributed by atoms with E-state index < -0.39 is 6.03 Å². The highest BCUT2D eigenvalue weighted by Crippen LogP contribution is 2.29. The highest BCUT2D eigenvalue weighted by Gasteiger charge is 2.23. The lowest BCUT2D eigenvalue weighted by Gasteiger charge is -2.18. The first kappa shape index (κ1) is 13.7. The molecule has 2 rings (SSSR count). The van der Waals surface area contributed by atoms with Gasteiger partial charge in [0.1, 0.15) is 0 Å². The molecule has 6 heteroatoms. The van der Waals surface area contributed by atoms with Gasteiger partial charge in [0.25, 0.3) is 0 Å². The van der Waals surface area contributed by atoms with Crippen molar-refractivity contribution in [1.29, 1.82) is 0 Å². The third-order valence-corrected chi connectivity index (χ3v) is 3.54. The SMILES string of the molecule is NC(=O)N(S)c1ccc(CN(C=O)CC2CC2)cc1. The molecule has 0 aromatic heterocycles. The molecule has 2 N–H and O–H groups in total. The van der Waals surface area contributed by atoms with Gasteiger partial charge >= 0.3 is 6.03 Å². The molecule has 102 valence electrons. The standard InChI is InChI=1S/C13H17N3O2S/c14-13(18)16(19)12-5-3-11(4-6-12)8-15(9-17)7-10-1-2-10/h3-6,9-10,19H,1-2,7-8H2,(H2,14,18). The average Bonchev–Trinajstić information content (AvgIpc) is 3.22. The summed E-state index contributed by atoms with van der Waals surface area (Å²) in [6.07, 6.45) is 3.33. The van der Waals surface area contributed by atoms with E-state index in [4.69, 9.17) is 5.73 Å². The number of primary amides is 1. The summed E-state index contributed by atoms with van der Waals surface area (Å²) in [6.45, 7) is 1.41. The molecule has 0 unspecified atom stereocenters. The Labute approximate surface area is 117 Å². The van der Waals surface area contributed by atoms with Crippen molar-refractivity contribution in [2.24, 2.45) is 11.7 Å². The number of carbonyl (C=O) groups is 2. The molecule has 0 atom stereocenters. The van der Waals surface area contributed by atoms with Gasteiger partial charge < -0.3 is 10.6 Å². The van der Waals surface area contributed by atoms with Crippen molar-refractivity contribution in [3.05, 3.63) is 29.8 Å². The number of thiol groups is 1. The summed E-state index contributed by atoms with van der Waals surface area (Å²) in [7, 11) is 0. The minimum atomic E-state index is -0.626. The summed E-state index contributed by atoms with van der Waals surface area (Å²) < 4.78 is 1.07. The molecule has 0 radical (unpaired) electrons. The highest BCUT2D eigenvalue weighted by molar-refractivity contribution is 7.82. The molecule has 0 heterocycles. The number of benzene rings is 1. The monoisotopic (exact) mass is 279 g/mol. The number of urea groups is 1. The molecular weight excluding hydrogens is 262 g/mol. The van der Waals surface area contributed by atoms with Crippen LogP contribution in [0.4, 0.5) is 10.5 Å². The first-order chi connectivity index (χ1) is 9.10. The van der Waals surface area contributed by atoms with Gasteiger partial charge in [0.15, 0.2) is 0 Å². The van der Waals surface area contributed by atoms with Gasteiger partial charge in [-0.1, -0.05) is 24.9 Å². The van der Waals surface area contributed by atoms with E-state index in [1.54, 1.807) is 17.0 Å². The highest BCUT2D eigenvalue weighted by atomic mass is 32.1. The Hall–Kier alpha value is -1.69. The molecule has 1 fully saturated rings. The molecule has 1 aliphatic carbocycles. The smallest absolute Gasteiger partial charge is 0.329 e. The van der Waals surface area contributed by atoms with Gasteiger partial charge in [0, 0.05) is 13.1 Å². The van der Waals surface area contributed by atoms with Crippen LogP contribution in [0.3, 0.4) is 0 Å². The molecule has 0 saturated heterocycles. The van der Waals surface area contributed by atoms with Crippen LogP contribution in [0.1, 0.15) is 18.4 Å². The number of nitrogens with zero attached hydrogens (tertiary/aromatic N) is 2.